The molecule has 1 aliphatic rings. The Labute approximate surface area is 147 Å². The predicted octanol–water partition coefficient (Wildman–Crippen LogP) is 2.71. The molecule has 122 valence electrons. The fraction of sp³-hybridized carbons (Fsp3) is 0.375. The first kappa shape index (κ1) is 16.6. The van der Waals surface area contributed by atoms with E-state index in [1.165, 1.54) is 16.9 Å². The van der Waals surface area contributed by atoms with Crippen molar-refractivity contribution in [2.75, 3.05) is 32.8 Å². The SMILES string of the molecule is O=C(NC[C@@H](c1ccccc1)N1CCOCC1)c1ncc(Br)s1. The Kier molecular flexibility index (Phi) is 5.77. The quantitative estimate of drug-likeness (QED) is 0.845. The van der Waals surface area contributed by atoms with Gasteiger partial charge in [0, 0.05) is 19.6 Å². The molecular weight excluding hydrogens is 378 g/mol. The molecule has 0 spiro atoms. The van der Waals surface area contributed by atoms with Gasteiger partial charge in [0.1, 0.15) is 0 Å². The van der Waals surface area contributed by atoms with Crippen LogP contribution in [0.5, 0.6) is 0 Å². The zero-order chi connectivity index (χ0) is 16.1. The van der Waals surface area contributed by atoms with Gasteiger partial charge in [0.2, 0.25) is 0 Å². The molecule has 1 amide bonds. The average Bonchev–Trinajstić information content (AvgIpc) is 3.03. The topological polar surface area (TPSA) is 54.5 Å². The maximum absolute atomic E-state index is 12.2. The van der Waals surface area contributed by atoms with E-state index in [0.29, 0.717) is 11.6 Å². The van der Waals surface area contributed by atoms with E-state index in [-0.39, 0.29) is 11.9 Å². The highest BCUT2D eigenvalue weighted by atomic mass is 79.9. The summed E-state index contributed by atoms with van der Waals surface area (Å²) in [4.78, 5) is 18.7. The van der Waals surface area contributed by atoms with E-state index in [4.69, 9.17) is 4.74 Å². The highest BCUT2D eigenvalue weighted by Gasteiger charge is 2.23. The van der Waals surface area contributed by atoms with Crippen LogP contribution in [0.2, 0.25) is 0 Å². The van der Waals surface area contributed by atoms with Crippen molar-refractivity contribution in [3.63, 3.8) is 0 Å². The van der Waals surface area contributed by atoms with E-state index in [9.17, 15) is 4.79 Å². The summed E-state index contributed by atoms with van der Waals surface area (Å²) in [6.07, 6.45) is 1.65. The molecule has 0 unspecified atom stereocenters. The van der Waals surface area contributed by atoms with E-state index in [1.54, 1.807) is 6.20 Å². The Morgan fingerprint density at radius 3 is 2.74 bits per heavy atom. The Morgan fingerprint density at radius 2 is 2.09 bits per heavy atom. The number of halogens is 1. The van der Waals surface area contributed by atoms with Crippen LogP contribution in [-0.2, 0) is 4.74 Å². The predicted molar refractivity (Wildman–Crippen MR) is 93.7 cm³/mol. The van der Waals surface area contributed by atoms with Gasteiger partial charge in [-0.2, -0.15) is 0 Å². The number of benzene rings is 1. The summed E-state index contributed by atoms with van der Waals surface area (Å²) in [7, 11) is 0. The number of amides is 1. The summed E-state index contributed by atoms with van der Waals surface area (Å²) in [5.41, 5.74) is 1.20. The lowest BCUT2D eigenvalue weighted by Crippen LogP contribution is -2.43. The van der Waals surface area contributed by atoms with E-state index in [2.05, 4.69) is 43.3 Å². The van der Waals surface area contributed by atoms with Crippen molar-refractivity contribution in [1.29, 1.82) is 0 Å². The number of carbonyl (C=O) groups excluding carboxylic acids is 1. The van der Waals surface area contributed by atoms with Gasteiger partial charge in [0.25, 0.3) is 5.91 Å². The van der Waals surface area contributed by atoms with Gasteiger partial charge < -0.3 is 10.1 Å². The molecule has 1 aromatic heterocycles. The number of nitrogens with zero attached hydrogens (tertiary/aromatic N) is 2. The second kappa shape index (κ2) is 8.01. The van der Waals surface area contributed by atoms with Crippen LogP contribution < -0.4 is 5.32 Å². The summed E-state index contributed by atoms with van der Waals surface area (Å²) in [5, 5.41) is 3.49. The maximum atomic E-state index is 12.2. The van der Waals surface area contributed by atoms with Gasteiger partial charge in [-0.15, -0.1) is 11.3 Å². The number of thiazole rings is 1. The second-order valence-corrected chi connectivity index (χ2v) is 7.66. The minimum absolute atomic E-state index is 0.130. The average molecular weight is 396 g/mol. The number of rotatable bonds is 5. The fourth-order valence-corrected chi connectivity index (χ4v) is 3.77. The van der Waals surface area contributed by atoms with Crippen molar-refractivity contribution in [3.05, 3.63) is 50.9 Å². The molecule has 2 aromatic rings. The first-order valence-electron chi connectivity index (χ1n) is 7.50. The van der Waals surface area contributed by atoms with Crippen molar-refractivity contribution < 1.29 is 9.53 Å². The highest BCUT2D eigenvalue weighted by molar-refractivity contribution is 9.11. The zero-order valence-corrected chi connectivity index (χ0v) is 15.0. The molecule has 0 bridgehead atoms. The first-order valence-corrected chi connectivity index (χ1v) is 9.11. The lowest BCUT2D eigenvalue weighted by atomic mass is 10.0. The molecule has 1 saturated heterocycles. The van der Waals surface area contributed by atoms with Gasteiger partial charge in [0.15, 0.2) is 5.01 Å². The normalized spacial score (nSPS) is 16.9. The molecule has 0 saturated carbocycles. The smallest absolute Gasteiger partial charge is 0.280 e. The Bertz CT molecular complexity index is 644. The molecule has 1 aromatic carbocycles. The van der Waals surface area contributed by atoms with Gasteiger partial charge in [-0.25, -0.2) is 4.98 Å². The van der Waals surface area contributed by atoms with Gasteiger partial charge >= 0.3 is 0 Å². The summed E-state index contributed by atoms with van der Waals surface area (Å²) < 4.78 is 6.30. The first-order chi connectivity index (χ1) is 11.2. The van der Waals surface area contributed by atoms with Crippen LogP contribution in [0, 0.1) is 0 Å². The van der Waals surface area contributed by atoms with Crippen molar-refractivity contribution in [2.45, 2.75) is 6.04 Å². The molecule has 1 atom stereocenters. The monoisotopic (exact) mass is 395 g/mol. The van der Waals surface area contributed by atoms with Crippen LogP contribution in [0.15, 0.2) is 40.3 Å². The summed E-state index contributed by atoms with van der Waals surface area (Å²) >= 11 is 4.67. The summed E-state index contributed by atoms with van der Waals surface area (Å²) in [5.74, 6) is -0.130. The number of morpholine rings is 1. The number of hydrogen-bond donors (Lipinski definition) is 1. The van der Waals surface area contributed by atoms with E-state index in [1.807, 2.05) is 18.2 Å². The Balaban J connectivity index is 1.69. The van der Waals surface area contributed by atoms with Crippen molar-refractivity contribution >= 4 is 33.2 Å². The number of nitrogens with one attached hydrogen (secondary N) is 1. The zero-order valence-electron chi connectivity index (χ0n) is 12.6. The van der Waals surface area contributed by atoms with Crippen molar-refractivity contribution in [3.8, 4) is 0 Å². The minimum atomic E-state index is -0.130. The molecule has 1 fully saturated rings. The molecule has 0 radical (unpaired) electrons. The third-order valence-corrected chi connectivity index (χ3v) is 5.27. The fourth-order valence-electron chi connectivity index (χ4n) is 2.65. The largest absolute Gasteiger partial charge is 0.379 e. The van der Waals surface area contributed by atoms with E-state index >= 15 is 0 Å². The molecule has 0 aliphatic carbocycles. The molecule has 7 heteroatoms. The summed E-state index contributed by atoms with van der Waals surface area (Å²) in [6, 6.07) is 10.4. The standard InChI is InChI=1S/C16H18BrN3O2S/c17-14-11-19-16(23-14)15(21)18-10-13(12-4-2-1-3-5-12)20-6-8-22-9-7-20/h1-5,11,13H,6-10H2,(H,18,21)/t13-/m0/s1. The maximum Gasteiger partial charge on any atom is 0.280 e. The number of aromatic nitrogens is 1. The molecule has 3 rings (SSSR count). The van der Waals surface area contributed by atoms with E-state index < -0.39 is 0 Å². The lowest BCUT2D eigenvalue weighted by Gasteiger charge is -2.34. The van der Waals surface area contributed by atoms with Crippen LogP contribution in [-0.4, -0.2) is 48.6 Å². The van der Waals surface area contributed by atoms with Crippen molar-refractivity contribution in [1.82, 2.24) is 15.2 Å². The van der Waals surface area contributed by atoms with Gasteiger partial charge in [-0.05, 0) is 21.5 Å². The molecule has 5 nitrogen and oxygen atoms in total. The Hall–Kier alpha value is -1.28. The number of ether oxygens (including phenoxy) is 1. The van der Waals surface area contributed by atoms with Crippen molar-refractivity contribution in [2.24, 2.45) is 0 Å². The number of hydrogen-bond acceptors (Lipinski definition) is 5. The number of carbonyl (C=O) groups is 1. The van der Waals surface area contributed by atoms with Gasteiger partial charge in [-0.1, -0.05) is 30.3 Å². The molecule has 1 N–H and O–H groups in total. The molecule has 1 aliphatic heterocycles. The third-order valence-electron chi connectivity index (χ3n) is 3.80. The molecule has 23 heavy (non-hydrogen) atoms. The van der Waals surface area contributed by atoms with E-state index in [0.717, 1.165) is 30.1 Å². The molecular formula is C16H18BrN3O2S. The van der Waals surface area contributed by atoms with Gasteiger partial charge in [-0.3, -0.25) is 9.69 Å². The highest BCUT2D eigenvalue weighted by Crippen LogP contribution is 2.22. The Morgan fingerprint density at radius 1 is 1.35 bits per heavy atom. The van der Waals surface area contributed by atoms with Crippen LogP contribution in [0.1, 0.15) is 21.4 Å². The molecule has 2 heterocycles. The minimum Gasteiger partial charge on any atom is -0.379 e. The third kappa shape index (κ3) is 4.38. The van der Waals surface area contributed by atoms with Crippen LogP contribution >= 0.6 is 27.3 Å². The van der Waals surface area contributed by atoms with Crippen LogP contribution in [0.4, 0.5) is 0 Å². The lowest BCUT2D eigenvalue weighted by molar-refractivity contribution is 0.0162. The summed E-state index contributed by atoms with van der Waals surface area (Å²) in [6.45, 7) is 3.77. The van der Waals surface area contributed by atoms with Crippen LogP contribution in [0.3, 0.4) is 0 Å². The second-order valence-electron chi connectivity index (χ2n) is 5.25. The van der Waals surface area contributed by atoms with Gasteiger partial charge in [0.05, 0.1) is 29.2 Å². The van der Waals surface area contributed by atoms with Crippen LogP contribution in [0.25, 0.3) is 0 Å².